The van der Waals surface area contributed by atoms with E-state index < -0.39 is 10.0 Å². The number of likely N-dealkylation sites (N-methyl/N-ethyl adjacent to an activating group) is 1. The molecule has 1 aromatic carbocycles. The highest BCUT2D eigenvalue weighted by molar-refractivity contribution is 7.88. The molecule has 4 rings (SSSR count). The molecule has 1 fully saturated rings. The van der Waals surface area contributed by atoms with Crippen molar-refractivity contribution in [3.05, 3.63) is 47.3 Å². The molecule has 0 aliphatic carbocycles. The molecule has 0 bridgehead atoms. The number of hydrogen-bond acceptors (Lipinski definition) is 5. The lowest BCUT2D eigenvalue weighted by Gasteiger charge is -2.35. The van der Waals surface area contributed by atoms with Crippen molar-refractivity contribution in [2.75, 3.05) is 20.1 Å². The summed E-state index contributed by atoms with van der Waals surface area (Å²) in [6.45, 7) is 2.88. The van der Waals surface area contributed by atoms with Gasteiger partial charge in [0, 0.05) is 19.6 Å². The second kappa shape index (κ2) is 7.29. The van der Waals surface area contributed by atoms with Gasteiger partial charge < -0.3 is 4.57 Å². The molecule has 146 valence electrons. The first-order valence-corrected chi connectivity index (χ1v) is 10.9. The summed E-state index contributed by atoms with van der Waals surface area (Å²) in [5.41, 5.74) is 0.589. The molecule has 0 amide bonds. The second-order valence-electron chi connectivity index (χ2n) is 7.37. The van der Waals surface area contributed by atoms with Gasteiger partial charge in [0.15, 0.2) is 5.82 Å². The van der Waals surface area contributed by atoms with Crippen LogP contribution in [0.1, 0.15) is 42.5 Å². The smallest absolute Gasteiger partial charge is 0.218 e. The second-order valence-corrected chi connectivity index (χ2v) is 9.29. The van der Waals surface area contributed by atoms with Gasteiger partial charge in [0.2, 0.25) is 10.0 Å². The van der Waals surface area contributed by atoms with Gasteiger partial charge in [-0.2, -0.15) is 4.31 Å². The van der Waals surface area contributed by atoms with Crippen molar-refractivity contribution < 1.29 is 12.8 Å². The topological polar surface area (TPSA) is 71.3 Å². The van der Waals surface area contributed by atoms with Crippen molar-refractivity contribution in [1.82, 2.24) is 24.0 Å². The monoisotopic (exact) mass is 393 g/mol. The minimum atomic E-state index is -3.54. The predicted octanol–water partition coefficient (Wildman–Crippen LogP) is 1.92. The van der Waals surface area contributed by atoms with Crippen LogP contribution >= 0.6 is 0 Å². The van der Waals surface area contributed by atoms with E-state index in [1.54, 1.807) is 4.31 Å². The largest absolute Gasteiger partial charge is 0.311 e. The summed E-state index contributed by atoms with van der Waals surface area (Å²) in [6.07, 6.45) is 2.55. The number of aromatic nitrogens is 3. The van der Waals surface area contributed by atoms with Crippen LogP contribution in [0.3, 0.4) is 0 Å². The van der Waals surface area contributed by atoms with Gasteiger partial charge >= 0.3 is 0 Å². The summed E-state index contributed by atoms with van der Waals surface area (Å²) in [5, 5.41) is 8.67. The molecule has 0 saturated carbocycles. The van der Waals surface area contributed by atoms with Crippen molar-refractivity contribution in [3.8, 4) is 0 Å². The fourth-order valence-electron chi connectivity index (χ4n) is 3.92. The molecule has 2 aliphatic heterocycles. The van der Waals surface area contributed by atoms with Crippen molar-refractivity contribution in [3.63, 3.8) is 0 Å². The van der Waals surface area contributed by atoms with E-state index in [9.17, 15) is 12.8 Å². The van der Waals surface area contributed by atoms with Crippen LogP contribution in [-0.2, 0) is 28.9 Å². The van der Waals surface area contributed by atoms with Crippen molar-refractivity contribution >= 4 is 10.0 Å². The van der Waals surface area contributed by atoms with Gasteiger partial charge in [-0.05, 0) is 37.6 Å². The van der Waals surface area contributed by atoms with Crippen LogP contribution in [0.15, 0.2) is 24.3 Å². The maximum Gasteiger partial charge on any atom is 0.218 e. The normalized spacial score (nSPS) is 21.9. The lowest BCUT2D eigenvalue weighted by molar-refractivity contribution is 0.224. The fraction of sp³-hybridized carbons (Fsp3) is 0.556. The molecule has 27 heavy (non-hydrogen) atoms. The van der Waals surface area contributed by atoms with Crippen molar-refractivity contribution in [1.29, 1.82) is 0 Å². The molecular formula is C18H24FN5O2S. The van der Waals surface area contributed by atoms with Crippen LogP contribution in [0.25, 0.3) is 0 Å². The first-order valence-electron chi connectivity index (χ1n) is 9.28. The average Bonchev–Trinajstić information content (AvgIpc) is 3.06. The molecule has 0 radical (unpaired) electrons. The maximum atomic E-state index is 13.1. The zero-order valence-electron chi connectivity index (χ0n) is 15.4. The first kappa shape index (κ1) is 18.5. The molecule has 0 N–H and O–H groups in total. The summed E-state index contributed by atoms with van der Waals surface area (Å²) in [7, 11) is -1.50. The minimum Gasteiger partial charge on any atom is -0.311 e. The Hall–Kier alpha value is -1.84. The zero-order chi connectivity index (χ0) is 19.0. The molecule has 1 unspecified atom stereocenters. The summed E-state index contributed by atoms with van der Waals surface area (Å²) in [5.74, 6) is 1.14. The number of halogens is 1. The Bertz CT molecular complexity index is 912. The van der Waals surface area contributed by atoms with Crippen LogP contribution in [0.5, 0.6) is 0 Å². The zero-order valence-corrected chi connectivity index (χ0v) is 16.2. The fourth-order valence-corrected chi connectivity index (χ4v) is 5.69. The number of benzene rings is 1. The number of hydrogen-bond donors (Lipinski definition) is 0. The first-order chi connectivity index (χ1) is 12.9. The molecule has 3 heterocycles. The number of fused-ring (bicyclic) bond motifs is 1. The molecule has 0 spiro atoms. The quantitative estimate of drug-likeness (QED) is 0.794. The van der Waals surface area contributed by atoms with E-state index in [1.807, 2.05) is 7.05 Å². The van der Waals surface area contributed by atoms with Crippen LogP contribution in [-0.4, -0.2) is 52.5 Å². The van der Waals surface area contributed by atoms with E-state index in [2.05, 4.69) is 19.7 Å². The summed E-state index contributed by atoms with van der Waals surface area (Å²) < 4.78 is 43.1. The number of rotatable bonds is 4. The van der Waals surface area contributed by atoms with E-state index in [0.717, 1.165) is 50.5 Å². The third-order valence-electron chi connectivity index (χ3n) is 5.34. The van der Waals surface area contributed by atoms with Gasteiger partial charge in [0.25, 0.3) is 0 Å². The van der Waals surface area contributed by atoms with E-state index >= 15 is 0 Å². The molecule has 1 atom stereocenters. The maximum absolute atomic E-state index is 13.1. The van der Waals surface area contributed by atoms with E-state index in [4.69, 9.17) is 0 Å². The molecule has 2 aliphatic rings. The van der Waals surface area contributed by atoms with Crippen molar-refractivity contribution in [2.24, 2.45) is 0 Å². The third-order valence-corrected chi connectivity index (χ3v) is 7.19. The van der Waals surface area contributed by atoms with E-state index in [1.165, 1.54) is 24.3 Å². The molecule has 7 nitrogen and oxygen atoms in total. The van der Waals surface area contributed by atoms with Gasteiger partial charge in [-0.25, -0.2) is 12.8 Å². The SMILES string of the molecule is CN1CCn2c(nnc2C2CCCCN2S(=O)(=O)Cc2ccc(F)cc2)C1. The number of nitrogens with zero attached hydrogens (tertiary/aromatic N) is 5. The molecular weight excluding hydrogens is 369 g/mol. The van der Waals surface area contributed by atoms with Crippen LogP contribution in [0.4, 0.5) is 4.39 Å². The highest BCUT2D eigenvalue weighted by atomic mass is 32.2. The lowest BCUT2D eigenvalue weighted by atomic mass is 10.0. The lowest BCUT2D eigenvalue weighted by Crippen LogP contribution is -2.41. The van der Waals surface area contributed by atoms with E-state index in [0.29, 0.717) is 12.1 Å². The Morgan fingerprint density at radius 2 is 1.89 bits per heavy atom. The average molecular weight is 393 g/mol. The summed E-state index contributed by atoms with van der Waals surface area (Å²) in [6, 6.07) is 5.36. The third kappa shape index (κ3) is 3.76. The number of piperidine rings is 1. The molecule has 9 heteroatoms. The Morgan fingerprint density at radius 3 is 2.67 bits per heavy atom. The molecule has 2 aromatic rings. The van der Waals surface area contributed by atoms with Gasteiger partial charge in [-0.3, -0.25) is 4.90 Å². The Labute approximate surface area is 158 Å². The minimum absolute atomic E-state index is 0.131. The van der Waals surface area contributed by atoms with Crippen LogP contribution in [0.2, 0.25) is 0 Å². The highest BCUT2D eigenvalue weighted by Gasteiger charge is 2.37. The molecule has 1 saturated heterocycles. The van der Waals surface area contributed by atoms with Gasteiger partial charge in [-0.1, -0.05) is 18.6 Å². The van der Waals surface area contributed by atoms with Crippen molar-refractivity contribution in [2.45, 2.75) is 44.1 Å². The van der Waals surface area contributed by atoms with E-state index in [-0.39, 0.29) is 17.6 Å². The van der Waals surface area contributed by atoms with Gasteiger partial charge in [-0.15, -0.1) is 10.2 Å². The Kier molecular flexibility index (Phi) is 5.00. The van der Waals surface area contributed by atoms with Crippen LogP contribution in [0, 0.1) is 5.82 Å². The van der Waals surface area contributed by atoms with Crippen LogP contribution < -0.4 is 0 Å². The Balaban J connectivity index is 1.62. The summed E-state index contributed by atoms with van der Waals surface area (Å²) in [4.78, 5) is 2.18. The summed E-state index contributed by atoms with van der Waals surface area (Å²) >= 11 is 0. The standard InChI is InChI=1S/C18H24FN5O2S/c1-22-10-11-23-17(12-22)20-21-18(23)16-4-2-3-9-24(16)27(25,26)13-14-5-7-15(19)8-6-14/h5-8,16H,2-4,9-13H2,1H3. The predicted molar refractivity (Wildman–Crippen MR) is 98.7 cm³/mol. The highest BCUT2D eigenvalue weighted by Crippen LogP contribution is 2.34. The number of sulfonamides is 1. The van der Waals surface area contributed by atoms with Gasteiger partial charge in [0.1, 0.15) is 11.6 Å². The molecule has 1 aromatic heterocycles. The van der Waals surface area contributed by atoms with Gasteiger partial charge in [0.05, 0.1) is 18.3 Å². The Morgan fingerprint density at radius 1 is 1.11 bits per heavy atom.